The average Bonchev–Trinajstić information content (AvgIpc) is 4.24. The van der Waals surface area contributed by atoms with E-state index in [2.05, 4.69) is 176 Å². The van der Waals surface area contributed by atoms with E-state index >= 15 is 0 Å². The molecule has 8 heterocycles. The molecule has 0 saturated carbocycles. The quantitative estimate of drug-likeness (QED) is 0.166. The number of hydrogen-bond donors (Lipinski definition) is 2. The number of aromatic nitrogens is 7. The Hall–Kier alpha value is -4.62. The first kappa shape index (κ1) is 60.0. The van der Waals surface area contributed by atoms with Crippen molar-refractivity contribution in [2.75, 3.05) is 19.6 Å². The Morgan fingerprint density at radius 3 is 1.61 bits per heavy atom. The first-order valence-corrected chi connectivity index (χ1v) is 30.0. The van der Waals surface area contributed by atoms with Crippen molar-refractivity contribution in [1.82, 2.24) is 45.7 Å². The fourth-order valence-electron chi connectivity index (χ4n) is 11.7. The van der Waals surface area contributed by atoms with Gasteiger partial charge < -0.3 is 24.2 Å². The molecule has 0 spiro atoms. The minimum atomic E-state index is 0.0691. The van der Waals surface area contributed by atoms with Gasteiger partial charge in [-0.25, -0.2) is 0 Å². The second-order valence-electron chi connectivity index (χ2n) is 28.1. The fourth-order valence-corrected chi connectivity index (χ4v) is 11.7. The molecule has 426 valence electrons. The van der Waals surface area contributed by atoms with Gasteiger partial charge in [-0.1, -0.05) is 98.6 Å². The third-order valence-electron chi connectivity index (χ3n) is 15.7. The second kappa shape index (κ2) is 25.2. The van der Waals surface area contributed by atoms with Crippen molar-refractivity contribution < 1.29 is 13.6 Å². The van der Waals surface area contributed by atoms with E-state index < -0.39 is 0 Å². The molecule has 0 saturated heterocycles. The zero-order valence-corrected chi connectivity index (χ0v) is 51.3. The molecule has 77 heavy (non-hydrogen) atoms. The topological polar surface area (TPSA) is 150 Å². The molecule has 12 rings (SSSR count). The van der Waals surface area contributed by atoms with Crippen molar-refractivity contribution in [2.45, 2.75) is 274 Å². The van der Waals surface area contributed by atoms with Crippen LogP contribution in [0.25, 0.3) is 0 Å². The van der Waals surface area contributed by atoms with E-state index in [9.17, 15) is 0 Å². The smallest absolute Gasteiger partial charge is 0.146 e. The predicted molar refractivity (Wildman–Crippen MR) is 313 cm³/mol. The summed E-state index contributed by atoms with van der Waals surface area (Å²) in [4.78, 5) is 4.69. The normalized spacial score (nSPS) is 18.1. The molecular weight excluding hydrogens is 957 g/mol. The van der Waals surface area contributed by atoms with Crippen LogP contribution in [-0.4, -0.2) is 60.4 Å². The molecule has 2 N–H and O–H groups in total. The number of fused-ring (bicyclic) bond motifs is 5. The molecule has 0 bridgehead atoms. The monoisotopic (exact) mass is 1060 g/mol. The molecule has 7 aliphatic rings. The minimum Gasteiger partial charge on any atom is -0.360 e. The number of hydrogen-bond acceptors (Lipinski definition) is 11. The molecule has 5 aromatic rings. The summed E-state index contributed by atoms with van der Waals surface area (Å²) in [6.45, 7) is 42.2. The lowest BCUT2D eigenvalue weighted by molar-refractivity contribution is 0.324. The molecule has 0 radical (unpaired) electrons. The van der Waals surface area contributed by atoms with Gasteiger partial charge in [0.2, 0.25) is 0 Å². The highest BCUT2D eigenvalue weighted by atomic mass is 16.5. The molecule has 3 aliphatic heterocycles. The van der Waals surface area contributed by atoms with Crippen molar-refractivity contribution in [1.29, 1.82) is 0 Å². The third kappa shape index (κ3) is 15.6. The second-order valence-corrected chi connectivity index (χ2v) is 28.1. The van der Waals surface area contributed by atoms with E-state index in [1.54, 1.807) is 11.1 Å². The van der Waals surface area contributed by atoms with Gasteiger partial charge in [-0.15, -0.1) is 0 Å². The van der Waals surface area contributed by atoms with Gasteiger partial charge in [0.15, 0.2) is 0 Å². The standard InChI is InChI=1S/C12H19N.C11H18N2.C11H17NO.2C10H16N2O.C10H16N2/c1-12(2,3)11-10-7-5-4-6-9(10)8-13-11;1-11(2,3)13-10-7-5-4-6-9(10)8-12-13;1-11(2,3)10-8-6-4-5-7-9(8)12-13-10;1-10(2,3)9-7-6-11-5-4-8(7)12-13-9;1-10(2,3)9-7-4-5-11-6-8(7)12-13-9;1-8(2)12-7-9-5-3-4-6-10(9)11-12/h4-8H2,1-3H3;8H,4-7H2,1-3H3;4-7H2,1-3H3;2*11H,4-6H2,1-3H3;7-8H,3-6H2,1-2H3. The van der Waals surface area contributed by atoms with Gasteiger partial charge in [-0.3, -0.25) is 14.4 Å². The number of nitrogens with zero attached hydrogens (tertiary/aromatic N) is 8. The van der Waals surface area contributed by atoms with E-state index in [4.69, 9.17) is 18.6 Å². The van der Waals surface area contributed by atoms with Crippen LogP contribution in [0.1, 0.15) is 262 Å². The van der Waals surface area contributed by atoms with Crippen LogP contribution in [0.3, 0.4) is 0 Å². The van der Waals surface area contributed by atoms with Crippen molar-refractivity contribution >= 4 is 5.71 Å². The Bertz CT molecular complexity index is 2470. The van der Waals surface area contributed by atoms with Gasteiger partial charge in [-0.2, -0.15) is 10.2 Å². The molecule has 0 unspecified atom stereocenters. The van der Waals surface area contributed by atoms with Crippen molar-refractivity contribution in [2.24, 2.45) is 10.4 Å². The summed E-state index contributed by atoms with van der Waals surface area (Å²) >= 11 is 0. The highest BCUT2D eigenvalue weighted by molar-refractivity contribution is 6.06. The van der Waals surface area contributed by atoms with Gasteiger partial charge in [0, 0.05) is 88.0 Å². The van der Waals surface area contributed by atoms with Crippen LogP contribution in [0.4, 0.5) is 0 Å². The Balaban J connectivity index is 0.000000134. The Labute approximate surface area is 464 Å². The van der Waals surface area contributed by atoms with E-state index in [-0.39, 0.29) is 27.2 Å². The van der Waals surface area contributed by atoms with Crippen molar-refractivity contribution in [3.8, 4) is 0 Å². The number of aryl methyl sites for hydroxylation is 4. The van der Waals surface area contributed by atoms with Gasteiger partial charge in [0.25, 0.3) is 0 Å². The number of rotatable bonds is 1. The zero-order valence-electron chi connectivity index (χ0n) is 51.3. The molecule has 13 heteroatoms. The lowest BCUT2D eigenvalue weighted by Crippen LogP contribution is -2.26. The van der Waals surface area contributed by atoms with E-state index in [0.29, 0.717) is 6.04 Å². The minimum absolute atomic E-state index is 0.0691. The summed E-state index contributed by atoms with van der Waals surface area (Å²) in [6, 6.07) is 0.510. The van der Waals surface area contributed by atoms with Crippen LogP contribution >= 0.6 is 0 Å². The summed E-state index contributed by atoms with van der Waals surface area (Å²) in [5.41, 5.74) is 18.5. The van der Waals surface area contributed by atoms with Crippen LogP contribution in [0.5, 0.6) is 0 Å². The summed E-state index contributed by atoms with van der Waals surface area (Å²) < 4.78 is 20.5. The average molecular weight is 1060 g/mol. The van der Waals surface area contributed by atoms with Gasteiger partial charge in [0.05, 0.1) is 35.4 Å². The van der Waals surface area contributed by atoms with Gasteiger partial charge in [-0.05, 0) is 173 Å². The first-order chi connectivity index (χ1) is 36.2. The number of allylic oxidation sites excluding steroid dienone is 1. The van der Waals surface area contributed by atoms with Crippen LogP contribution in [0.2, 0.25) is 0 Å². The molecule has 0 amide bonds. The molecular formula is C64H102N10O3. The third-order valence-corrected chi connectivity index (χ3v) is 15.7. The maximum absolute atomic E-state index is 5.43. The largest absolute Gasteiger partial charge is 0.360 e. The van der Waals surface area contributed by atoms with Crippen LogP contribution in [-0.2, 0) is 86.2 Å². The molecule has 0 atom stereocenters. The maximum Gasteiger partial charge on any atom is 0.146 e. The number of nitrogens with one attached hydrogen (secondary N) is 2. The molecule has 13 nitrogen and oxygen atoms in total. The molecule has 5 aromatic heterocycles. The summed E-state index contributed by atoms with van der Waals surface area (Å²) in [7, 11) is 0. The summed E-state index contributed by atoms with van der Waals surface area (Å²) in [5.74, 6) is 3.20. The lowest BCUT2D eigenvalue weighted by Gasteiger charge is -2.24. The van der Waals surface area contributed by atoms with Crippen molar-refractivity contribution in [3.63, 3.8) is 0 Å². The van der Waals surface area contributed by atoms with Gasteiger partial charge >= 0.3 is 0 Å². The zero-order chi connectivity index (χ0) is 55.9. The summed E-state index contributed by atoms with van der Waals surface area (Å²) in [5, 5.41) is 28.0. The van der Waals surface area contributed by atoms with E-state index in [1.165, 1.54) is 141 Å². The Morgan fingerprint density at radius 1 is 0.494 bits per heavy atom. The fraction of sp³-hybridized carbons (Fsp3) is 0.719. The highest BCUT2D eigenvalue weighted by Crippen LogP contribution is 2.37. The molecule has 0 fully saturated rings. The SMILES string of the molecule is CC(C)(C)C1=NCC2=C1CCCC2.CC(C)(C)c1onc2c1CCCC2.CC(C)(C)c1onc2c1CCNC2.CC(C)(C)c1onc2c1CNCC2.CC(C)(C)n1ncc2c1CCCC2.CC(C)n1cc2c(n1)CCCC2. The molecule has 4 aliphatic carbocycles. The predicted octanol–water partition coefficient (Wildman–Crippen LogP) is 14.3. The van der Waals surface area contributed by atoms with Crippen LogP contribution < -0.4 is 10.6 Å². The highest BCUT2D eigenvalue weighted by Gasteiger charge is 2.32. The summed E-state index contributed by atoms with van der Waals surface area (Å²) in [6.07, 6.45) is 26.7. The van der Waals surface area contributed by atoms with Crippen LogP contribution in [0, 0.1) is 5.41 Å². The van der Waals surface area contributed by atoms with E-state index in [1.807, 2.05) is 0 Å². The Morgan fingerprint density at radius 2 is 1.00 bits per heavy atom. The van der Waals surface area contributed by atoms with Gasteiger partial charge in [0.1, 0.15) is 23.0 Å². The first-order valence-electron chi connectivity index (χ1n) is 30.0. The molecule has 0 aromatic carbocycles. The van der Waals surface area contributed by atoms with Crippen molar-refractivity contribution in [3.05, 3.63) is 97.1 Å². The van der Waals surface area contributed by atoms with E-state index in [0.717, 1.165) is 87.1 Å². The number of aliphatic imine (C=N–C) groups is 1. The maximum atomic E-state index is 5.43. The Kier molecular flexibility index (Phi) is 19.7. The van der Waals surface area contributed by atoms with Crippen LogP contribution in [0.15, 0.2) is 42.1 Å². The lowest BCUT2D eigenvalue weighted by atomic mass is 9.80.